The Labute approximate surface area is 144 Å². The maximum atomic E-state index is 11.3. The normalized spacial score (nSPS) is 16.1. The number of aromatic nitrogens is 2. The lowest BCUT2D eigenvalue weighted by Crippen LogP contribution is -2.23. The number of carbonyl (C=O) groups excluding carboxylic acids is 1. The van der Waals surface area contributed by atoms with Crippen LogP contribution in [0.1, 0.15) is 58.3 Å². The first-order valence-electron chi connectivity index (χ1n) is 9.09. The number of imidazole rings is 1. The second kappa shape index (κ2) is 10.8. The number of unbranched alkanes of at least 4 members (excludes halogenated alkanes) is 1. The zero-order chi connectivity index (χ0) is 17.0. The van der Waals surface area contributed by atoms with Crippen LogP contribution < -0.4 is 0 Å². The van der Waals surface area contributed by atoms with Gasteiger partial charge < -0.3 is 14.1 Å². The van der Waals surface area contributed by atoms with E-state index in [9.17, 15) is 4.79 Å². The highest BCUT2D eigenvalue weighted by atomic mass is 16.6. The Morgan fingerprint density at radius 1 is 1.29 bits per heavy atom. The molecule has 1 heterocycles. The standard InChI is InChI=1S/C18H29N3O3/c1-2-23-18(22)10-6-7-13-24-20-17(14-21-12-11-19-15-21)16-8-4-3-5-9-16/h11-12,15-16H,2-10,13-14H2,1H3/b20-17+. The Bertz CT molecular complexity index is 494. The van der Waals surface area contributed by atoms with Crippen LogP contribution >= 0.6 is 0 Å². The van der Waals surface area contributed by atoms with Crippen LogP contribution in [0.5, 0.6) is 0 Å². The third-order valence-corrected chi connectivity index (χ3v) is 4.33. The monoisotopic (exact) mass is 335 g/mol. The molecule has 1 fully saturated rings. The third-order valence-electron chi connectivity index (χ3n) is 4.33. The van der Waals surface area contributed by atoms with E-state index < -0.39 is 0 Å². The number of hydrogen-bond donors (Lipinski definition) is 0. The van der Waals surface area contributed by atoms with Crippen molar-refractivity contribution in [2.45, 2.75) is 64.8 Å². The number of rotatable bonds is 10. The van der Waals surface area contributed by atoms with Crippen molar-refractivity contribution < 1.29 is 14.4 Å². The quantitative estimate of drug-likeness (QED) is 0.284. The predicted octanol–water partition coefficient (Wildman–Crippen LogP) is 3.57. The Morgan fingerprint density at radius 3 is 2.83 bits per heavy atom. The van der Waals surface area contributed by atoms with Gasteiger partial charge in [0.15, 0.2) is 0 Å². The zero-order valence-corrected chi connectivity index (χ0v) is 14.7. The highest BCUT2D eigenvalue weighted by Crippen LogP contribution is 2.25. The van der Waals surface area contributed by atoms with Gasteiger partial charge in [0.05, 0.1) is 25.2 Å². The summed E-state index contributed by atoms with van der Waals surface area (Å²) in [5.41, 5.74) is 1.11. The van der Waals surface area contributed by atoms with Gasteiger partial charge >= 0.3 is 5.97 Å². The highest BCUT2D eigenvalue weighted by molar-refractivity contribution is 5.86. The molecule has 0 saturated heterocycles. The molecule has 0 bridgehead atoms. The number of ether oxygens (including phenoxy) is 1. The van der Waals surface area contributed by atoms with Crippen LogP contribution in [0.25, 0.3) is 0 Å². The van der Waals surface area contributed by atoms with Gasteiger partial charge in [0.25, 0.3) is 0 Å². The zero-order valence-electron chi connectivity index (χ0n) is 14.7. The van der Waals surface area contributed by atoms with Gasteiger partial charge in [-0.15, -0.1) is 0 Å². The van der Waals surface area contributed by atoms with Gasteiger partial charge in [0, 0.05) is 24.7 Å². The van der Waals surface area contributed by atoms with Gasteiger partial charge in [0.1, 0.15) is 6.61 Å². The van der Waals surface area contributed by atoms with Gasteiger partial charge in [-0.05, 0) is 32.6 Å². The van der Waals surface area contributed by atoms with E-state index in [1.807, 2.05) is 24.0 Å². The molecule has 24 heavy (non-hydrogen) atoms. The first kappa shape index (κ1) is 18.5. The van der Waals surface area contributed by atoms with E-state index in [1.165, 1.54) is 32.1 Å². The lowest BCUT2D eigenvalue weighted by molar-refractivity contribution is -0.143. The number of esters is 1. The summed E-state index contributed by atoms with van der Waals surface area (Å²) in [5, 5.41) is 4.43. The maximum absolute atomic E-state index is 11.3. The Kier molecular flexibility index (Phi) is 8.35. The van der Waals surface area contributed by atoms with Gasteiger partial charge in [-0.3, -0.25) is 4.79 Å². The third kappa shape index (κ3) is 6.72. The molecule has 1 aliphatic rings. The van der Waals surface area contributed by atoms with Crippen molar-refractivity contribution in [2.24, 2.45) is 11.1 Å². The Balaban J connectivity index is 1.76. The molecule has 0 N–H and O–H groups in total. The van der Waals surface area contributed by atoms with Gasteiger partial charge in [-0.25, -0.2) is 4.98 Å². The lowest BCUT2D eigenvalue weighted by Gasteiger charge is -2.23. The fraction of sp³-hybridized carbons (Fsp3) is 0.722. The van der Waals surface area contributed by atoms with Crippen molar-refractivity contribution in [1.29, 1.82) is 0 Å². The lowest BCUT2D eigenvalue weighted by atomic mass is 9.86. The molecule has 1 aromatic rings. The molecule has 0 atom stereocenters. The molecule has 0 unspecified atom stereocenters. The van der Waals surface area contributed by atoms with Crippen molar-refractivity contribution in [3.8, 4) is 0 Å². The van der Waals surface area contributed by atoms with E-state index in [2.05, 4.69) is 10.1 Å². The summed E-state index contributed by atoms with van der Waals surface area (Å²) in [4.78, 5) is 20.9. The topological polar surface area (TPSA) is 65.7 Å². The summed E-state index contributed by atoms with van der Waals surface area (Å²) in [6.07, 6.45) is 13.8. The average molecular weight is 335 g/mol. The van der Waals surface area contributed by atoms with E-state index in [1.54, 1.807) is 6.20 Å². The average Bonchev–Trinajstić information content (AvgIpc) is 3.11. The molecule has 1 aliphatic carbocycles. The van der Waals surface area contributed by atoms with Gasteiger partial charge in [-0.2, -0.15) is 0 Å². The van der Waals surface area contributed by atoms with Crippen LogP contribution in [0, 0.1) is 5.92 Å². The molecule has 6 nitrogen and oxygen atoms in total. The Morgan fingerprint density at radius 2 is 2.12 bits per heavy atom. The molecule has 1 saturated carbocycles. The van der Waals surface area contributed by atoms with E-state index >= 15 is 0 Å². The molecule has 2 rings (SSSR count). The second-order valence-corrected chi connectivity index (χ2v) is 6.25. The van der Waals surface area contributed by atoms with Crippen LogP contribution in [-0.4, -0.2) is 34.4 Å². The summed E-state index contributed by atoms with van der Waals surface area (Å²) < 4.78 is 6.95. The first-order valence-corrected chi connectivity index (χ1v) is 9.09. The summed E-state index contributed by atoms with van der Waals surface area (Å²) in [5.74, 6) is 0.379. The fourth-order valence-electron chi connectivity index (χ4n) is 3.03. The van der Waals surface area contributed by atoms with Gasteiger partial charge in [0.2, 0.25) is 0 Å². The Hall–Kier alpha value is -1.85. The largest absolute Gasteiger partial charge is 0.466 e. The van der Waals surface area contributed by atoms with Gasteiger partial charge in [-0.1, -0.05) is 24.4 Å². The molecule has 6 heteroatoms. The van der Waals surface area contributed by atoms with Crippen LogP contribution in [0.4, 0.5) is 0 Å². The van der Waals surface area contributed by atoms with Crippen molar-refractivity contribution in [2.75, 3.05) is 13.2 Å². The molecular formula is C18H29N3O3. The molecule has 0 aromatic carbocycles. The fourth-order valence-corrected chi connectivity index (χ4v) is 3.03. The minimum absolute atomic E-state index is 0.135. The van der Waals surface area contributed by atoms with E-state index in [0.29, 0.717) is 25.6 Å². The molecule has 0 spiro atoms. The number of nitrogens with zero attached hydrogens (tertiary/aromatic N) is 3. The van der Waals surface area contributed by atoms with E-state index in [4.69, 9.17) is 9.57 Å². The smallest absolute Gasteiger partial charge is 0.305 e. The van der Waals surface area contributed by atoms with E-state index in [-0.39, 0.29) is 5.97 Å². The van der Waals surface area contributed by atoms with Crippen LogP contribution in [0.2, 0.25) is 0 Å². The SMILES string of the molecule is CCOC(=O)CCCCO/N=C(\Cn1ccnc1)C1CCCCC1. The summed E-state index contributed by atoms with van der Waals surface area (Å²) in [6.45, 7) is 3.55. The van der Waals surface area contributed by atoms with Crippen molar-refractivity contribution in [1.82, 2.24) is 9.55 Å². The molecule has 134 valence electrons. The summed E-state index contributed by atoms with van der Waals surface area (Å²) in [7, 11) is 0. The highest BCUT2D eigenvalue weighted by Gasteiger charge is 2.20. The van der Waals surface area contributed by atoms with Crippen LogP contribution in [-0.2, 0) is 20.9 Å². The van der Waals surface area contributed by atoms with Crippen molar-refractivity contribution in [3.63, 3.8) is 0 Å². The molecule has 0 amide bonds. The van der Waals surface area contributed by atoms with Crippen LogP contribution in [0.15, 0.2) is 23.9 Å². The van der Waals surface area contributed by atoms with Crippen LogP contribution in [0.3, 0.4) is 0 Å². The molecule has 0 aliphatic heterocycles. The number of hydrogen-bond acceptors (Lipinski definition) is 5. The van der Waals surface area contributed by atoms with Crippen molar-refractivity contribution in [3.05, 3.63) is 18.7 Å². The predicted molar refractivity (Wildman–Crippen MR) is 92.7 cm³/mol. The second-order valence-electron chi connectivity index (χ2n) is 6.25. The molecular weight excluding hydrogens is 306 g/mol. The molecule has 0 radical (unpaired) electrons. The minimum Gasteiger partial charge on any atom is -0.466 e. The summed E-state index contributed by atoms with van der Waals surface area (Å²) >= 11 is 0. The molecule has 1 aromatic heterocycles. The van der Waals surface area contributed by atoms with Crippen molar-refractivity contribution >= 4 is 11.7 Å². The first-order chi connectivity index (χ1) is 11.8. The minimum atomic E-state index is -0.135. The number of carbonyl (C=O) groups is 1. The maximum Gasteiger partial charge on any atom is 0.305 e. The summed E-state index contributed by atoms with van der Waals surface area (Å²) in [6, 6.07) is 0. The van der Waals surface area contributed by atoms with E-state index in [0.717, 1.165) is 25.1 Å². The number of oxime groups is 1.